The van der Waals surface area contributed by atoms with Crippen molar-refractivity contribution in [3.8, 4) is 0 Å². The summed E-state index contributed by atoms with van der Waals surface area (Å²) >= 11 is 0. The first-order valence-corrected chi connectivity index (χ1v) is 5.78. The van der Waals surface area contributed by atoms with Crippen LogP contribution in [0.15, 0.2) is 36.7 Å². The molecule has 0 aliphatic carbocycles. The van der Waals surface area contributed by atoms with Crippen molar-refractivity contribution < 1.29 is 0 Å². The average Bonchev–Trinajstić information content (AvgIpc) is 2.29. The largest absolute Gasteiger partial charge is 0.381 e. The second-order valence-corrected chi connectivity index (χ2v) is 4.59. The van der Waals surface area contributed by atoms with Gasteiger partial charge in [-0.25, -0.2) is 0 Å². The van der Waals surface area contributed by atoms with Crippen LogP contribution in [0.5, 0.6) is 0 Å². The molecule has 0 saturated carbocycles. The third-order valence-corrected chi connectivity index (χ3v) is 3.05. The lowest BCUT2D eigenvalue weighted by atomic mass is 10.1. The van der Waals surface area contributed by atoms with Crippen molar-refractivity contribution in [1.29, 1.82) is 0 Å². The topological polar surface area (TPSA) is 24.9 Å². The Labute approximate surface area is 96.7 Å². The lowest BCUT2D eigenvalue weighted by molar-refractivity contribution is 0.560. The van der Waals surface area contributed by atoms with Crippen LogP contribution in [0.4, 0.5) is 5.69 Å². The van der Waals surface area contributed by atoms with E-state index in [9.17, 15) is 0 Å². The second kappa shape index (κ2) is 4.52. The highest BCUT2D eigenvalue weighted by atomic mass is 14.9. The van der Waals surface area contributed by atoms with Crippen LogP contribution in [0, 0.1) is 5.92 Å². The van der Waals surface area contributed by atoms with Crippen molar-refractivity contribution in [3.05, 3.63) is 36.7 Å². The van der Waals surface area contributed by atoms with Crippen LogP contribution in [-0.2, 0) is 0 Å². The SMILES string of the molecule is CC(C)C(C)Nc1cncc2ccccc12. The zero-order valence-electron chi connectivity index (χ0n) is 10.1. The van der Waals surface area contributed by atoms with Gasteiger partial charge in [-0.3, -0.25) is 4.98 Å². The Morgan fingerprint density at radius 3 is 2.56 bits per heavy atom. The Morgan fingerprint density at radius 1 is 1.06 bits per heavy atom. The molecule has 0 saturated heterocycles. The molecule has 2 aromatic rings. The molecule has 0 radical (unpaired) electrons. The molecule has 1 heterocycles. The molecule has 1 aromatic carbocycles. The van der Waals surface area contributed by atoms with Gasteiger partial charge in [0, 0.05) is 23.0 Å². The van der Waals surface area contributed by atoms with Gasteiger partial charge >= 0.3 is 0 Å². The molecule has 1 aromatic heterocycles. The van der Waals surface area contributed by atoms with Crippen LogP contribution in [0.2, 0.25) is 0 Å². The number of benzene rings is 1. The average molecular weight is 214 g/mol. The van der Waals surface area contributed by atoms with Crippen molar-refractivity contribution >= 4 is 16.5 Å². The molecule has 2 rings (SSSR count). The van der Waals surface area contributed by atoms with E-state index in [4.69, 9.17) is 0 Å². The second-order valence-electron chi connectivity index (χ2n) is 4.59. The number of nitrogens with one attached hydrogen (secondary N) is 1. The van der Waals surface area contributed by atoms with E-state index in [1.54, 1.807) is 0 Å². The van der Waals surface area contributed by atoms with Gasteiger partial charge < -0.3 is 5.32 Å². The van der Waals surface area contributed by atoms with Crippen LogP contribution < -0.4 is 5.32 Å². The van der Waals surface area contributed by atoms with Crippen LogP contribution in [0.25, 0.3) is 10.8 Å². The molecule has 0 bridgehead atoms. The maximum absolute atomic E-state index is 4.26. The summed E-state index contributed by atoms with van der Waals surface area (Å²) in [5.74, 6) is 0.610. The Kier molecular flexibility index (Phi) is 3.09. The summed E-state index contributed by atoms with van der Waals surface area (Å²) in [6.07, 6.45) is 3.81. The minimum absolute atomic E-state index is 0.451. The summed E-state index contributed by atoms with van der Waals surface area (Å²) in [6, 6.07) is 8.78. The number of hydrogen-bond donors (Lipinski definition) is 1. The molecular weight excluding hydrogens is 196 g/mol. The monoisotopic (exact) mass is 214 g/mol. The lowest BCUT2D eigenvalue weighted by Crippen LogP contribution is -2.21. The van der Waals surface area contributed by atoms with Gasteiger partial charge in [-0.15, -0.1) is 0 Å². The first-order valence-electron chi connectivity index (χ1n) is 5.78. The molecule has 2 nitrogen and oxygen atoms in total. The quantitative estimate of drug-likeness (QED) is 0.842. The van der Waals surface area contributed by atoms with Crippen molar-refractivity contribution in [3.63, 3.8) is 0 Å². The minimum atomic E-state index is 0.451. The molecule has 0 spiro atoms. The van der Waals surface area contributed by atoms with E-state index in [0.29, 0.717) is 12.0 Å². The van der Waals surface area contributed by atoms with Gasteiger partial charge in [-0.1, -0.05) is 38.1 Å². The highest BCUT2D eigenvalue weighted by Gasteiger charge is 2.08. The smallest absolute Gasteiger partial charge is 0.0608 e. The van der Waals surface area contributed by atoms with Gasteiger partial charge in [-0.2, -0.15) is 0 Å². The fraction of sp³-hybridized carbons (Fsp3) is 0.357. The molecule has 2 heteroatoms. The molecule has 0 aliphatic heterocycles. The maximum Gasteiger partial charge on any atom is 0.0608 e. The number of hydrogen-bond acceptors (Lipinski definition) is 2. The predicted octanol–water partition coefficient (Wildman–Crippen LogP) is 3.69. The number of pyridine rings is 1. The zero-order valence-corrected chi connectivity index (χ0v) is 10.1. The van der Waals surface area contributed by atoms with Gasteiger partial charge in [0.15, 0.2) is 0 Å². The lowest BCUT2D eigenvalue weighted by Gasteiger charge is -2.19. The van der Waals surface area contributed by atoms with Crippen LogP contribution >= 0.6 is 0 Å². The Hall–Kier alpha value is -1.57. The number of rotatable bonds is 3. The summed E-state index contributed by atoms with van der Waals surface area (Å²) in [5.41, 5.74) is 1.12. The third-order valence-electron chi connectivity index (χ3n) is 3.05. The summed E-state index contributed by atoms with van der Waals surface area (Å²) in [4.78, 5) is 4.26. The molecule has 0 amide bonds. The zero-order chi connectivity index (χ0) is 11.5. The van der Waals surface area contributed by atoms with Gasteiger partial charge in [0.1, 0.15) is 0 Å². The van der Waals surface area contributed by atoms with Crippen LogP contribution in [0.3, 0.4) is 0 Å². The van der Waals surface area contributed by atoms with E-state index in [-0.39, 0.29) is 0 Å². The van der Waals surface area contributed by atoms with E-state index in [0.717, 1.165) is 5.69 Å². The summed E-state index contributed by atoms with van der Waals surface area (Å²) in [5, 5.41) is 5.95. The number of aromatic nitrogens is 1. The number of anilines is 1. The van der Waals surface area contributed by atoms with E-state index in [1.807, 2.05) is 18.5 Å². The molecule has 16 heavy (non-hydrogen) atoms. The normalized spacial score (nSPS) is 13.0. The fourth-order valence-corrected chi connectivity index (χ4v) is 1.64. The van der Waals surface area contributed by atoms with Crippen LogP contribution in [0.1, 0.15) is 20.8 Å². The molecule has 84 valence electrons. The molecule has 1 N–H and O–H groups in total. The van der Waals surface area contributed by atoms with E-state index < -0.39 is 0 Å². The first-order chi connectivity index (χ1) is 7.68. The van der Waals surface area contributed by atoms with E-state index in [1.165, 1.54) is 10.8 Å². The standard InChI is InChI=1S/C14H18N2/c1-10(2)11(3)16-14-9-15-8-12-6-4-5-7-13(12)14/h4-11,16H,1-3H3. The number of nitrogens with zero attached hydrogens (tertiary/aromatic N) is 1. The molecule has 0 fully saturated rings. The summed E-state index contributed by atoms with van der Waals surface area (Å²) in [7, 11) is 0. The summed E-state index contributed by atoms with van der Waals surface area (Å²) in [6.45, 7) is 6.64. The Morgan fingerprint density at radius 2 is 1.81 bits per heavy atom. The summed E-state index contributed by atoms with van der Waals surface area (Å²) < 4.78 is 0. The van der Waals surface area contributed by atoms with Gasteiger partial charge in [0.2, 0.25) is 0 Å². The predicted molar refractivity (Wildman–Crippen MR) is 69.7 cm³/mol. The third kappa shape index (κ3) is 2.16. The Balaban J connectivity index is 2.37. The molecule has 0 aliphatic rings. The van der Waals surface area contributed by atoms with Crippen molar-refractivity contribution in [2.75, 3.05) is 5.32 Å². The maximum atomic E-state index is 4.26. The van der Waals surface area contributed by atoms with E-state index >= 15 is 0 Å². The first kappa shape index (κ1) is 10.9. The van der Waals surface area contributed by atoms with Gasteiger partial charge in [0.05, 0.1) is 11.9 Å². The number of fused-ring (bicyclic) bond motifs is 1. The highest BCUT2D eigenvalue weighted by Crippen LogP contribution is 2.23. The molecule has 1 unspecified atom stereocenters. The van der Waals surface area contributed by atoms with Gasteiger partial charge in [0.25, 0.3) is 0 Å². The van der Waals surface area contributed by atoms with Crippen molar-refractivity contribution in [2.24, 2.45) is 5.92 Å². The minimum Gasteiger partial charge on any atom is -0.381 e. The van der Waals surface area contributed by atoms with Crippen molar-refractivity contribution in [1.82, 2.24) is 4.98 Å². The highest BCUT2D eigenvalue weighted by molar-refractivity contribution is 5.92. The van der Waals surface area contributed by atoms with Crippen LogP contribution in [-0.4, -0.2) is 11.0 Å². The fourth-order valence-electron chi connectivity index (χ4n) is 1.64. The Bertz CT molecular complexity index is 472. The van der Waals surface area contributed by atoms with Crippen molar-refractivity contribution in [2.45, 2.75) is 26.8 Å². The van der Waals surface area contributed by atoms with E-state index in [2.05, 4.69) is 49.3 Å². The molecular formula is C14H18N2. The van der Waals surface area contributed by atoms with Gasteiger partial charge in [-0.05, 0) is 12.8 Å². The molecule has 1 atom stereocenters.